The minimum Gasteiger partial charge on any atom is -0.353 e. The molecule has 0 aliphatic heterocycles. The molecule has 3 aromatic rings. The van der Waals surface area contributed by atoms with Crippen LogP contribution in [0.2, 0.25) is 0 Å². The second-order valence-corrected chi connectivity index (χ2v) is 6.02. The minimum absolute atomic E-state index is 0.316. The zero-order chi connectivity index (χ0) is 12.0. The number of hydrogen-bond donors (Lipinski definition) is 1. The summed E-state index contributed by atoms with van der Waals surface area (Å²) in [6.45, 7) is 0. The highest BCUT2D eigenvalue weighted by Gasteiger charge is 2.10. The van der Waals surface area contributed by atoms with Gasteiger partial charge in [0.1, 0.15) is 0 Å². The highest BCUT2D eigenvalue weighted by atomic mass is 32.2. The molecule has 0 unspecified atom stereocenters. The van der Waals surface area contributed by atoms with Crippen molar-refractivity contribution in [2.75, 3.05) is 6.26 Å². The van der Waals surface area contributed by atoms with Crippen LogP contribution in [0.4, 0.5) is 0 Å². The van der Waals surface area contributed by atoms with Crippen molar-refractivity contribution >= 4 is 31.8 Å². The van der Waals surface area contributed by atoms with Crippen LogP contribution in [0.25, 0.3) is 21.9 Å². The van der Waals surface area contributed by atoms with Crippen molar-refractivity contribution in [3.8, 4) is 0 Å². The van der Waals surface area contributed by atoms with E-state index >= 15 is 0 Å². The van der Waals surface area contributed by atoms with E-state index in [0.717, 1.165) is 21.9 Å². The van der Waals surface area contributed by atoms with Crippen LogP contribution in [0, 0.1) is 0 Å². The average Bonchev–Trinajstić information content (AvgIpc) is 2.65. The van der Waals surface area contributed by atoms with Crippen molar-refractivity contribution in [3.05, 3.63) is 36.5 Å². The van der Waals surface area contributed by atoms with Crippen LogP contribution in [0.5, 0.6) is 0 Å². The SMILES string of the molecule is CS(=O)(=O)c1ccc2[nH]c3cccnc3c2c1. The van der Waals surface area contributed by atoms with Gasteiger partial charge in [-0.15, -0.1) is 0 Å². The number of nitrogens with one attached hydrogen (secondary N) is 1. The van der Waals surface area contributed by atoms with Gasteiger partial charge in [0.25, 0.3) is 0 Å². The molecule has 0 bridgehead atoms. The Morgan fingerprint density at radius 1 is 1.18 bits per heavy atom. The third kappa shape index (κ3) is 1.59. The molecule has 86 valence electrons. The monoisotopic (exact) mass is 246 g/mol. The Bertz CT molecular complexity index is 819. The van der Waals surface area contributed by atoms with E-state index in [9.17, 15) is 8.42 Å². The van der Waals surface area contributed by atoms with Gasteiger partial charge in [-0.25, -0.2) is 8.42 Å². The molecule has 0 aliphatic carbocycles. The molecule has 0 fully saturated rings. The summed E-state index contributed by atoms with van der Waals surface area (Å²) in [7, 11) is -3.18. The van der Waals surface area contributed by atoms with E-state index in [4.69, 9.17) is 0 Å². The first-order chi connectivity index (χ1) is 8.05. The van der Waals surface area contributed by atoms with E-state index in [1.807, 2.05) is 12.1 Å². The van der Waals surface area contributed by atoms with E-state index in [-0.39, 0.29) is 0 Å². The van der Waals surface area contributed by atoms with Gasteiger partial charge in [-0.1, -0.05) is 0 Å². The molecular weight excluding hydrogens is 236 g/mol. The Labute approximate surface area is 98.2 Å². The maximum absolute atomic E-state index is 11.5. The molecular formula is C12H10N2O2S. The number of fused-ring (bicyclic) bond motifs is 3. The summed E-state index contributed by atoms with van der Waals surface area (Å²) in [6.07, 6.45) is 2.90. The molecule has 4 nitrogen and oxygen atoms in total. The summed E-state index contributed by atoms with van der Waals surface area (Å²) in [4.78, 5) is 7.78. The molecule has 3 rings (SSSR count). The largest absolute Gasteiger partial charge is 0.353 e. The maximum atomic E-state index is 11.5. The van der Waals surface area contributed by atoms with E-state index in [0.29, 0.717) is 4.90 Å². The average molecular weight is 246 g/mol. The Morgan fingerprint density at radius 2 is 2.00 bits per heavy atom. The first kappa shape index (κ1) is 10.3. The number of sulfone groups is 1. The predicted molar refractivity (Wildman–Crippen MR) is 66.7 cm³/mol. The lowest BCUT2D eigenvalue weighted by Crippen LogP contribution is -1.95. The van der Waals surface area contributed by atoms with Gasteiger partial charge < -0.3 is 4.98 Å². The standard InChI is InChI=1S/C12H10N2O2S/c1-17(15,16)8-4-5-10-9(7-8)12-11(14-10)3-2-6-13-12/h2-7,14H,1H3. The third-order valence-corrected chi connectivity index (χ3v) is 3.86. The summed E-state index contributed by atoms with van der Waals surface area (Å²) in [5, 5.41) is 0.837. The van der Waals surface area contributed by atoms with E-state index < -0.39 is 9.84 Å². The van der Waals surface area contributed by atoms with Gasteiger partial charge >= 0.3 is 0 Å². The van der Waals surface area contributed by atoms with Crippen molar-refractivity contribution in [3.63, 3.8) is 0 Å². The highest BCUT2D eigenvalue weighted by Crippen LogP contribution is 2.25. The highest BCUT2D eigenvalue weighted by molar-refractivity contribution is 7.90. The molecule has 0 amide bonds. The van der Waals surface area contributed by atoms with Crippen molar-refractivity contribution in [2.45, 2.75) is 4.90 Å². The van der Waals surface area contributed by atoms with Gasteiger partial charge in [-0.2, -0.15) is 0 Å². The van der Waals surface area contributed by atoms with Crippen molar-refractivity contribution in [1.82, 2.24) is 9.97 Å². The summed E-state index contributed by atoms with van der Waals surface area (Å²) < 4.78 is 23.0. The zero-order valence-corrected chi connectivity index (χ0v) is 9.95. The quantitative estimate of drug-likeness (QED) is 0.715. The third-order valence-electron chi connectivity index (χ3n) is 2.75. The number of aromatic amines is 1. The molecule has 0 saturated carbocycles. The number of H-pyrrole nitrogens is 1. The number of nitrogens with zero attached hydrogens (tertiary/aromatic N) is 1. The normalized spacial score (nSPS) is 12.3. The van der Waals surface area contributed by atoms with Gasteiger partial charge in [0.15, 0.2) is 9.84 Å². The molecule has 0 saturated heterocycles. The molecule has 0 atom stereocenters. The fourth-order valence-corrected chi connectivity index (χ4v) is 2.57. The van der Waals surface area contributed by atoms with Gasteiger partial charge in [0.05, 0.1) is 15.9 Å². The van der Waals surface area contributed by atoms with Crippen LogP contribution in [0.1, 0.15) is 0 Å². The zero-order valence-electron chi connectivity index (χ0n) is 9.14. The molecule has 0 radical (unpaired) electrons. The lowest BCUT2D eigenvalue weighted by Gasteiger charge is -1.97. The number of hydrogen-bond acceptors (Lipinski definition) is 3. The van der Waals surface area contributed by atoms with Crippen LogP contribution < -0.4 is 0 Å². The first-order valence-corrected chi connectivity index (χ1v) is 7.01. The summed E-state index contributed by atoms with van der Waals surface area (Å²) in [5.74, 6) is 0. The Kier molecular flexibility index (Phi) is 2.00. The smallest absolute Gasteiger partial charge is 0.175 e. The molecule has 1 N–H and O–H groups in total. The Morgan fingerprint density at radius 3 is 2.76 bits per heavy atom. The van der Waals surface area contributed by atoms with Crippen molar-refractivity contribution in [1.29, 1.82) is 0 Å². The molecule has 5 heteroatoms. The first-order valence-electron chi connectivity index (χ1n) is 5.12. The summed E-state index contributed by atoms with van der Waals surface area (Å²) in [6, 6.07) is 8.80. The van der Waals surface area contributed by atoms with E-state index in [2.05, 4.69) is 9.97 Å². The van der Waals surface area contributed by atoms with Crippen LogP contribution >= 0.6 is 0 Å². The number of pyridine rings is 1. The van der Waals surface area contributed by atoms with Crippen LogP contribution in [0.3, 0.4) is 0 Å². The van der Waals surface area contributed by atoms with Crippen LogP contribution in [-0.4, -0.2) is 24.6 Å². The molecule has 2 heterocycles. The molecule has 0 spiro atoms. The summed E-state index contributed by atoms with van der Waals surface area (Å²) in [5.41, 5.74) is 2.60. The van der Waals surface area contributed by atoms with Crippen molar-refractivity contribution < 1.29 is 8.42 Å². The van der Waals surface area contributed by atoms with E-state index in [1.165, 1.54) is 6.26 Å². The van der Waals surface area contributed by atoms with Gasteiger partial charge in [0.2, 0.25) is 0 Å². The predicted octanol–water partition coefficient (Wildman–Crippen LogP) is 2.12. The molecule has 2 aromatic heterocycles. The fraction of sp³-hybridized carbons (Fsp3) is 0.0833. The Hall–Kier alpha value is -1.88. The molecule has 1 aromatic carbocycles. The Balaban J connectivity index is 2.46. The van der Waals surface area contributed by atoms with E-state index in [1.54, 1.807) is 24.4 Å². The summed E-state index contributed by atoms with van der Waals surface area (Å²) >= 11 is 0. The molecule has 0 aliphatic rings. The second-order valence-electron chi connectivity index (χ2n) is 4.00. The second kappa shape index (κ2) is 3.30. The topological polar surface area (TPSA) is 62.8 Å². The van der Waals surface area contributed by atoms with Gasteiger partial charge in [0, 0.05) is 23.4 Å². The number of aromatic nitrogens is 2. The van der Waals surface area contributed by atoms with Gasteiger partial charge in [-0.05, 0) is 30.3 Å². The van der Waals surface area contributed by atoms with Crippen molar-refractivity contribution in [2.24, 2.45) is 0 Å². The maximum Gasteiger partial charge on any atom is 0.175 e. The molecule has 17 heavy (non-hydrogen) atoms. The van der Waals surface area contributed by atoms with Gasteiger partial charge in [-0.3, -0.25) is 4.98 Å². The minimum atomic E-state index is -3.18. The number of rotatable bonds is 1. The fourth-order valence-electron chi connectivity index (χ4n) is 1.92. The number of benzene rings is 1. The lowest BCUT2D eigenvalue weighted by atomic mass is 10.2. The van der Waals surface area contributed by atoms with Crippen LogP contribution in [-0.2, 0) is 9.84 Å². The van der Waals surface area contributed by atoms with Crippen LogP contribution in [0.15, 0.2) is 41.4 Å². The lowest BCUT2D eigenvalue weighted by molar-refractivity contribution is 0.602.